The molecule has 98 valence electrons. The normalized spacial score (nSPS) is 9.78. The molecule has 0 spiro atoms. The molecule has 1 aromatic carbocycles. The molecule has 0 aliphatic rings. The lowest BCUT2D eigenvalue weighted by atomic mass is 10.2. The molecule has 2 amide bonds. The number of nitrogens with two attached hydrogens (primary N) is 2. The first kappa shape index (κ1) is 14.4. The molecule has 0 bridgehead atoms. The number of hydrogen-bond acceptors (Lipinski definition) is 2. The Morgan fingerprint density at radius 3 is 2.50 bits per heavy atom. The van der Waals surface area contributed by atoms with Gasteiger partial charge < -0.3 is 16.2 Å². The molecular weight excluding hydrogens is 279 g/mol. The molecule has 8 heteroatoms. The highest BCUT2D eigenvalue weighted by Crippen LogP contribution is 2.38. The number of aliphatic imine (C=N–C) groups is 1. The molecule has 1 aromatic rings. The molecule has 18 heavy (non-hydrogen) atoms. The maximum absolute atomic E-state index is 11.7. The second-order valence-corrected chi connectivity index (χ2v) is 4.16. The number of methoxy groups -OCH3 is 1. The van der Waals surface area contributed by atoms with Crippen LogP contribution in [0.25, 0.3) is 0 Å². The minimum atomic E-state index is -0.669. The van der Waals surface area contributed by atoms with E-state index < -0.39 is 6.03 Å². The number of anilines is 1. The van der Waals surface area contributed by atoms with Crippen molar-refractivity contribution in [3.8, 4) is 5.75 Å². The third kappa shape index (κ3) is 3.18. The third-order valence-electron chi connectivity index (χ3n) is 2.06. The lowest BCUT2D eigenvalue weighted by Gasteiger charge is -2.19. The van der Waals surface area contributed by atoms with Crippen LogP contribution >= 0.6 is 23.2 Å². The molecule has 0 saturated heterocycles. The standard InChI is InChI=1S/C10H12Cl2N4O2/c1-16(10(17)15-9(13)14)8-6(12)3-5(11)4-7(8)18-2/h3-4H,1-2H3,(H4,13,14,15,17). The van der Waals surface area contributed by atoms with Gasteiger partial charge >= 0.3 is 6.03 Å². The number of nitrogens with zero attached hydrogens (tertiary/aromatic N) is 2. The third-order valence-corrected chi connectivity index (χ3v) is 2.57. The summed E-state index contributed by atoms with van der Waals surface area (Å²) in [4.78, 5) is 16.3. The SMILES string of the molecule is COc1cc(Cl)cc(Cl)c1N(C)C(=O)N=C(N)N. The quantitative estimate of drug-likeness (QED) is 0.642. The molecule has 0 aliphatic carbocycles. The minimum Gasteiger partial charge on any atom is -0.494 e. The van der Waals surface area contributed by atoms with E-state index in [-0.39, 0.29) is 11.0 Å². The van der Waals surface area contributed by atoms with Gasteiger partial charge in [0.05, 0.1) is 12.1 Å². The fourth-order valence-corrected chi connectivity index (χ4v) is 1.91. The second kappa shape index (κ2) is 5.79. The summed E-state index contributed by atoms with van der Waals surface area (Å²) in [5.74, 6) is 0.00467. The first-order valence-electron chi connectivity index (χ1n) is 4.77. The molecule has 0 aliphatic heterocycles. The monoisotopic (exact) mass is 290 g/mol. The summed E-state index contributed by atoms with van der Waals surface area (Å²) >= 11 is 11.9. The minimum absolute atomic E-state index is 0.251. The fourth-order valence-electron chi connectivity index (χ4n) is 1.30. The van der Waals surface area contributed by atoms with Gasteiger partial charge in [0.25, 0.3) is 0 Å². The van der Waals surface area contributed by atoms with E-state index in [9.17, 15) is 4.79 Å². The van der Waals surface area contributed by atoms with E-state index >= 15 is 0 Å². The number of benzene rings is 1. The highest BCUT2D eigenvalue weighted by atomic mass is 35.5. The highest BCUT2D eigenvalue weighted by molar-refractivity contribution is 6.37. The Morgan fingerprint density at radius 2 is 2.00 bits per heavy atom. The van der Waals surface area contributed by atoms with E-state index in [1.165, 1.54) is 26.3 Å². The van der Waals surface area contributed by atoms with Crippen LogP contribution in [0.2, 0.25) is 10.0 Å². The van der Waals surface area contributed by atoms with Crippen LogP contribution in [-0.4, -0.2) is 26.1 Å². The Morgan fingerprint density at radius 1 is 1.39 bits per heavy atom. The number of carbonyl (C=O) groups excluding carboxylic acids is 1. The second-order valence-electron chi connectivity index (χ2n) is 3.32. The van der Waals surface area contributed by atoms with Crippen LogP contribution in [0.1, 0.15) is 0 Å². The smallest absolute Gasteiger partial charge is 0.351 e. The van der Waals surface area contributed by atoms with E-state index in [4.69, 9.17) is 39.4 Å². The van der Waals surface area contributed by atoms with Crippen molar-refractivity contribution in [2.24, 2.45) is 16.5 Å². The Labute approximate surface area is 114 Å². The van der Waals surface area contributed by atoms with Crippen molar-refractivity contribution in [1.82, 2.24) is 0 Å². The number of amides is 2. The van der Waals surface area contributed by atoms with Crippen molar-refractivity contribution in [2.45, 2.75) is 0 Å². The highest BCUT2D eigenvalue weighted by Gasteiger charge is 2.19. The average molecular weight is 291 g/mol. The van der Waals surface area contributed by atoms with Gasteiger partial charge in [0, 0.05) is 18.1 Å². The maximum atomic E-state index is 11.7. The van der Waals surface area contributed by atoms with Crippen LogP contribution in [0.4, 0.5) is 10.5 Å². The molecular formula is C10H12Cl2N4O2. The van der Waals surface area contributed by atoms with Crippen LogP contribution < -0.4 is 21.1 Å². The number of carbonyl (C=O) groups is 1. The van der Waals surface area contributed by atoms with Gasteiger partial charge in [-0.05, 0) is 6.07 Å². The van der Waals surface area contributed by atoms with Gasteiger partial charge in [-0.2, -0.15) is 4.99 Å². The number of ether oxygens (including phenoxy) is 1. The number of urea groups is 1. The molecule has 0 aromatic heterocycles. The van der Waals surface area contributed by atoms with Crippen LogP contribution in [0.3, 0.4) is 0 Å². The summed E-state index contributed by atoms with van der Waals surface area (Å²) in [5, 5.41) is 0.643. The van der Waals surface area contributed by atoms with Crippen molar-refractivity contribution < 1.29 is 9.53 Å². The number of halogens is 2. The molecule has 1 rings (SSSR count). The maximum Gasteiger partial charge on any atom is 0.351 e. The average Bonchev–Trinajstić information content (AvgIpc) is 2.26. The van der Waals surface area contributed by atoms with Gasteiger partial charge in [0.1, 0.15) is 11.4 Å². The van der Waals surface area contributed by atoms with Crippen molar-refractivity contribution >= 4 is 40.9 Å². The molecule has 6 nitrogen and oxygen atoms in total. The van der Waals surface area contributed by atoms with Crippen molar-refractivity contribution in [3.63, 3.8) is 0 Å². The molecule has 0 radical (unpaired) electrons. The Bertz CT molecular complexity index is 501. The lowest BCUT2D eigenvalue weighted by molar-refractivity contribution is 0.255. The summed E-state index contributed by atoms with van der Waals surface area (Å²) < 4.78 is 5.11. The summed E-state index contributed by atoms with van der Waals surface area (Å²) in [7, 11) is 2.90. The zero-order valence-electron chi connectivity index (χ0n) is 9.78. The molecule has 0 atom stereocenters. The summed E-state index contributed by atoms with van der Waals surface area (Å²) in [6.07, 6.45) is 0. The summed E-state index contributed by atoms with van der Waals surface area (Å²) in [6, 6.07) is 2.35. The van der Waals surface area contributed by atoms with Gasteiger partial charge in [-0.25, -0.2) is 4.79 Å². The zero-order chi connectivity index (χ0) is 13.9. The van der Waals surface area contributed by atoms with Crippen LogP contribution in [0, 0.1) is 0 Å². The van der Waals surface area contributed by atoms with Gasteiger partial charge in [-0.1, -0.05) is 23.2 Å². The van der Waals surface area contributed by atoms with Crippen molar-refractivity contribution in [3.05, 3.63) is 22.2 Å². The van der Waals surface area contributed by atoms with Crippen LogP contribution in [0.15, 0.2) is 17.1 Å². The summed E-state index contributed by atoms with van der Waals surface area (Å²) in [6.45, 7) is 0. The number of rotatable bonds is 2. The van der Waals surface area contributed by atoms with E-state index in [0.29, 0.717) is 16.5 Å². The predicted octanol–water partition coefficient (Wildman–Crippen LogP) is 1.83. The number of hydrogen-bond donors (Lipinski definition) is 2. The predicted molar refractivity (Wildman–Crippen MR) is 72.6 cm³/mol. The zero-order valence-corrected chi connectivity index (χ0v) is 11.3. The van der Waals surface area contributed by atoms with Crippen LogP contribution in [0.5, 0.6) is 5.75 Å². The molecule has 0 heterocycles. The van der Waals surface area contributed by atoms with Crippen LogP contribution in [-0.2, 0) is 0 Å². The summed E-state index contributed by atoms with van der Waals surface area (Å²) in [5.41, 5.74) is 10.6. The topological polar surface area (TPSA) is 93.9 Å². The molecule has 0 unspecified atom stereocenters. The van der Waals surface area contributed by atoms with E-state index in [0.717, 1.165) is 4.90 Å². The first-order valence-corrected chi connectivity index (χ1v) is 5.52. The van der Waals surface area contributed by atoms with E-state index in [1.54, 1.807) is 0 Å². The van der Waals surface area contributed by atoms with Gasteiger partial charge in [0.15, 0.2) is 5.96 Å². The first-order chi connectivity index (χ1) is 8.36. The molecule has 0 saturated carbocycles. The van der Waals surface area contributed by atoms with Crippen molar-refractivity contribution in [2.75, 3.05) is 19.1 Å². The number of guanidine groups is 1. The van der Waals surface area contributed by atoms with Gasteiger partial charge in [-0.3, -0.25) is 4.90 Å². The lowest BCUT2D eigenvalue weighted by Crippen LogP contribution is -2.30. The Balaban J connectivity index is 3.24. The fraction of sp³-hybridized carbons (Fsp3) is 0.200. The van der Waals surface area contributed by atoms with E-state index in [2.05, 4.69) is 4.99 Å². The van der Waals surface area contributed by atoms with E-state index in [1.807, 2.05) is 0 Å². The van der Waals surface area contributed by atoms with Gasteiger partial charge in [0.2, 0.25) is 0 Å². The van der Waals surface area contributed by atoms with Gasteiger partial charge in [-0.15, -0.1) is 0 Å². The molecule has 4 N–H and O–H groups in total. The largest absolute Gasteiger partial charge is 0.494 e. The van der Waals surface area contributed by atoms with Crippen molar-refractivity contribution in [1.29, 1.82) is 0 Å². The Kier molecular flexibility index (Phi) is 4.63. The Hall–Kier alpha value is -1.66. The molecule has 0 fully saturated rings.